The Labute approximate surface area is 215 Å². The summed E-state index contributed by atoms with van der Waals surface area (Å²) in [7, 11) is 0. The number of ether oxygens (including phenoxy) is 1. The third-order valence-corrected chi connectivity index (χ3v) is 6.43. The minimum atomic E-state index is -0.669. The highest BCUT2D eigenvalue weighted by Crippen LogP contribution is 2.20. The van der Waals surface area contributed by atoms with Crippen LogP contribution in [0.2, 0.25) is 0 Å². The largest absolute Gasteiger partial charge is 0.483 e. The van der Waals surface area contributed by atoms with Gasteiger partial charge in [-0.1, -0.05) is 84.8 Å². The van der Waals surface area contributed by atoms with Crippen molar-refractivity contribution in [2.75, 3.05) is 6.61 Å². The van der Waals surface area contributed by atoms with Gasteiger partial charge in [0.2, 0.25) is 5.91 Å². The van der Waals surface area contributed by atoms with Crippen molar-refractivity contribution in [2.45, 2.75) is 66.1 Å². The Morgan fingerprint density at radius 2 is 1.56 bits per heavy atom. The molecule has 2 amide bonds. The van der Waals surface area contributed by atoms with Crippen LogP contribution in [0, 0.1) is 20.8 Å². The molecule has 5 heteroatoms. The summed E-state index contributed by atoms with van der Waals surface area (Å²) in [4.78, 5) is 28.9. The molecule has 0 fully saturated rings. The average molecular weight is 487 g/mol. The highest BCUT2D eigenvalue weighted by atomic mass is 16.5. The van der Waals surface area contributed by atoms with E-state index in [-0.39, 0.29) is 24.5 Å². The van der Waals surface area contributed by atoms with E-state index >= 15 is 0 Å². The predicted molar refractivity (Wildman–Crippen MR) is 145 cm³/mol. The van der Waals surface area contributed by atoms with Gasteiger partial charge in [0, 0.05) is 19.0 Å². The summed E-state index contributed by atoms with van der Waals surface area (Å²) in [5.41, 5.74) is 5.22. The molecule has 0 aliphatic carbocycles. The quantitative estimate of drug-likeness (QED) is 0.387. The summed E-state index contributed by atoms with van der Waals surface area (Å²) in [5, 5.41) is 3.10. The molecule has 36 heavy (non-hydrogen) atoms. The summed E-state index contributed by atoms with van der Waals surface area (Å²) in [6.07, 6.45) is 1.23. The second-order valence-corrected chi connectivity index (χ2v) is 9.59. The molecule has 3 aromatic carbocycles. The van der Waals surface area contributed by atoms with Crippen LogP contribution in [0.15, 0.2) is 72.8 Å². The lowest BCUT2D eigenvalue weighted by molar-refractivity contribution is -0.143. The van der Waals surface area contributed by atoms with E-state index in [4.69, 9.17) is 4.74 Å². The number of rotatable bonds is 11. The summed E-state index contributed by atoms with van der Waals surface area (Å²) in [5.74, 6) is 0.295. The van der Waals surface area contributed by atoms with E-state index in [0.717, 1.165) is 34.2 Å². The number of nitrogens with zero attached hydrogens (tertiary/aromatic N) is 1. The molecular formula is C31H38N2O3. The Bertz CT molecular complexity index is 1140. The van der Waals surface area contributed by atoms with Gasteiger partial charge < -0.3 is 15.0 Å². The van der Waals surface area contributed by atoms with Gasteiger partial charge in [-0.15, -0.1) is 0 Å². The van der Waals surface area contributed by atoms with E-state index in [2.05, 4.69) is 5.32 Å². The number of hydrogen-bond donors (Lipinski definition) is 1. The number of benzene rings is 3. The smallest absolute Gasteiger partial charge is 0.261 e. The molecule has 0 aliphatic heterocycles. The van der Waals surface area contributed by atoms with Gasteiger partial charge in [0.25, 0.3) is 5.91 Å². The zero-order valence-corrected chi connectivity index (χ0v) is 22.1. The van der Waals surface area contributed by atoms with Crippen LogP contribution in [-0.4, -0.2) is 35.4 Å². The van der Waals surface area contributed by atoms with E-state index in [1.165, 1.54) is 0 Å². The molecule has 0 unspecified atom stereocenters. The number of nitrogens with one attached hydrogen (secondary N) is 1. The van der Waals surface area contributed by atoms with Crippen molar-refractivity contribution in [1.29, 1.82) is 0 Å². The molecule has 0 spiro atoms. The number of hydrogen-bond acceptors (Lipinski definition) is 3. The van der Waals surface area contributed by atoms with Crippen molar-refractivity contribution in [2.24, 2.45) is 0 Å². The van der Waals surface area contributed by atoms with Crippen LogP contribution in [0.1, 0.15) is 48.1 Å². The Kier molecular flexibility index (Phi) is 9.69. The lowest BCUT2D eigenvalue weighted by atomic mass is 10.0. The second kappa shape index (κ2) is 12.9. The predicted octanol–water partition coefficient (Wildman–Crippen LogP) is 5.55. The molecular weight excluding hydrogens is 448 g/mol. The fraction of sp³-hybridized carbons (Fsp3) is 0.355. The minimum absolute atomic E-state index is 0.0126. The molecule has 190 valence electrons. The Morgan fingerprint density at radius 3 is 2.19 bits per heavy atom. The van der Waals surface area contributed by atoms with Crippen molar-refractivity contribution in [3.05, 3.63) is 101 Å². The first-order valence-corrected chi connectivity index (χ1v) is 12.7. The minimum Gasteiger partial charge on any atom is -0.483 e. The first-order valence-electron chi connectivity index (χ1n) is 12.7. The fourth-order valence-electron chi connectivity index (χ4n) is 4.07. The molecule has 3 aromatic rings. The van der Waals surface area contributed by atoms with Crippen molar-refractivity contribution in [3.8, 4) is 5.75 Å². The highest BCUT2D eigenvalue weighted by molar-refractivity contribution is 5.88. The second-order valence-electron chi connectivity index (χ2n) is 9.59. The summed E-state index contributed by atoms with van der Waals surface area (Å²) in [6, 6.07) is 23.1. The molecule has 0 heterocycles. The molecule has 0 bridgehead atoms. The third kappa shape index (κ3) is 7.70. The van der Waals surface area contributed by atoms with Gasteiger partial charge >= 0.3 is 0 Å². The molecule has 0 saturated heterocycles. The first-order chi connectivity index (χ1) is 17.3. The van der Waals surface area contributed by atoms with Crippen LogP contribution in [-0.2, 0) is 22.6 Å². The number of carbonyl (C=O) groups is 2. The standard InChI is InChI=1S/C31H38N2O3/c1-6-25(5)32-31(35)28(19-26-10-8-7-9-11-26)33(20-27-15-12-22(2)13-16-27)30(34)21-36-29-17-14-23(3)18-24(29)4/h7-18,25,28H,6,19-21H2,1-5H3,(H,32,35)/t25-,28+/m1/s1. The van der Waals surface area contributed by atoms with E-state index < -0.39 is 6.04 Å². The molecule has 0 aliphatic rings. The van der Waals surface area contributed by atoms with Gasteiger partial charge in [-0.05, 0) is 56.9 Å². The fourth-order valence-corrected chi connectivity index (χ4v) is 4.07. The summed E-state index contributed by atoms with van der Waals surface area (Å²) in [6.45, 7) is 10.2. The molecule has 5 nitrogen and oxygen atoms in total. The van der Waals surface area contributed by atoms with Crippen LogP contribution in [0.3, 0.4) is 0 Å². The van der Waals surface area contributed by atoms with Crippen molar-refractivity contribution in [1.82, 2.24) is 10.2 Å². The van der Waals surface area contributed by atoms with Crippen LogP contribution in [0.5, 0.6) is 5.75 Å². The van der Waals surface area contributed by atoms with Gasteiger partial charge in [0.05, 0.1) is 0 Å². The topological polar surface area (TPSA) is 58.6 Å². The van der Waals surface area contributed by atoms with E-state index in [1.54, 1.807) is 4.90 Å². The molecule has 0 radical (unpaired) electrons. The average Bonchev–Trinajstić information content (AvgIpc) is 2.87. The van der Waals surface area contributed by atoms with E-state index in [0.29, 0.717) is 18.7 Å². The summed E-state index contributed by atoms with van der Waals surface area (Å²) >= 11 is 0. The highest BCUT2D eigenvalue weighted by Gasteiger charge is 2.31. The number of carbonyl (C=O) groups excluding carboxylic acids is 2. The lowest BCUT2D eigenvalue weighted by Crippen LogP contribution is -2.53. The monoisotopic (exact) mass is 486 g/mol. The Morgan fingerprint density at radius 1 is 0.889 bits per heavy atom. The van der Waals surface area contributed by atoms with Crippen molar-refractivity contribution in [3.63, 3.8) is 0 Å². The zero-order valence-electron chi connectivity index (χ0n) is 22.1. The zero-order chi connectivity index (χ0) is 26.1. The molecule has 1 N–H and O–H groups in total. The Hall–Kier alpha value is -3.60. The van der Waals surface area contributed by atoms with E-state index in [9.17, 15) is 9.59 Å². The Balaban J connectivity index is 1.91. The van der Waals surface area contributed by atoms with Gasteiger partial charge in [-0.3, -0.25) is 9.59 Å². The molecule has 3 rings (SSSR count). The van der Waals surface area contributed by atoms with Crippen LogP contribution in [0.25, 0.3) is 0 Å². The maximum Gasteiger partial charge on any atom is 0.261 e. The number of amides is 2. The SMILES string of the molecule is CC[C@@H](C)NC(=O)[C@H](Cc1ccccc1)N(Cc1ccc(C)cc1)C(=O)COc1ccc(C)cc1C. The maximum atomic E-state index is 13.7. The van der Waals surface area contributed by atoms with Crippen molar-refractivity contribution < 1.29 is 14.3 Å². The summed E-state index contributed by atoms with van der Waals surface area (Å²) < 4.78 is 5.95. The maximum absolute atomic E-state index is 13.7. The van der Waals surface area contributed by atoms with Gasteiger partial charge in [0.1, 0.15) is 11.8 Å². The van der Waals surface area contributed by atoms with Crippen LogP contribution < -0.4 is 10.1 Å². The third-order valence-electron chi connectivity index (χ3n) is 6.43. The van der Waals surface area contributed by atoms with Crippen LogP contribution in [0.4, 0.5) is 0 Å². The van der Waals surface area contributed by atoms with Crippen LogP contribution >= 0.6 is 0 Å². The lowest BCUT2D eigenvalue weighted by Gasteiger charge is -2.32. The van der Waals surface area contributed by atoms with Gasteiger partial charge in [0.15, 0.2) is 6.61 Å². The molecule has 0 aromatic heterocycles. The molecule has 2 atom stereocenters. The first kappa shape index (κ1) is 27.0. The molecule has 0 saturated carbocycles. The van der Waals surface area contributed by atoms with Gasteiger partial charge in [-0.25, -0.2) is 0 Å². The van der Waals surface area contributed by atoms with E-state index in [1.807, 2.05) is 107 Å². The van der Waals surface area contributed by atoms with Crippen molar-refractivity contribution >= 4 is 11.8 Å². The number of aryl methyl sites for hydroxylation is 3. The normalized spacial score (nSPS) is 12.5. The van der Waals surface area contributed by atoms with Gasteiger partial charge in [-0.2, -0.15) is 0 Å².